The normalized spacial score (nSPS) is 11.6. The molecule has 0 atom stereocenters. The molecule has 2 aromatic carbocycles. The number of aliphatic imine (C=N–C) groups is 1. The van der Waals surface area contributed by atoms with Gasteiger partial charge in [0.2, 0.25) is 5.88 Å². The number of carbonyl (C=O) groups is 1. The Kier molecular flexibility index (Phi) is 8.91. The van der Waals surface area contributed by atoms with E-state index in [-0.39, 0.29) is 24.0 Å². The summed E-state index contributed by atoms with van der Waals surface area (Å²) >= 11 is 0. The molecule has 4 rings (SSSR count). The van der Waals surface area contributed by atoms with Crippen LogP contribution in [0.2, 0.25) is 0 Å². The van der Waals surface area contributed by atoms with E-state index in [2.05, 4.69) is 9.98 Å². The molecule has 0 aliphatic rings. The van der Waals surface area contributed by atoms with Crippen LogP contribution in [0.3, 0.4) is 0 Å². The number of amides is 1. The summed E-state index contributed by atoms with van der Waals surface area (Å²) in [4.78, 5) is 37.3. The van der Waals surface area contributed by atoms with Crippen LogP contribution in [0.5, 0.6) is 5.88 Å². The average molecular weight is 558 g/mol. The highest BCUT2D eigenvalue weighted by Gasteiger charge is 2.18. The number of nitrogens with two attached hydrogens (primary N) is 1. The fourth-order valence-corrected chi connectivity index (χ4v) is 4.60. The largest absolute Gasteiger partial charge is 0.475 e. The van der Waals surface area contributed by atoms with Gasteiger partial charge in [0.25, 0.3) is 5.56 Å². The number of nitrogens with zero attached hydrogens (tertiary/aromatic N) is 4. The maximum atomic E-state index is 15.5. The molecule has 0 bridgehead atoms. The molecule has 41 heavy (non-hydrogen) atoms. The van der Waals surface area contributed by atoms with Gasteiger partial charge in [-0.15, -0.1) is 0 Å². The van der Waals surface area contributed by atoms with Crippen molar-refractivity contribution in [1.29, 1.82) is 0 Å². The molecule has 2 heterocycles. The summed E-state index contributed by atoms with van der Waals surface area (Å²) in [7, 11) is 0. The van der Waals surface area contributed by atoms with E-state index in [1.54, 1.807) is 61.7 Å². The number of aryl methyl sites for hydroxylation is 2. The third-order valence-corrected chi connectivity index (χ3v) is 6.40. The fourth-order valence-electron chi connectivity index (χ4n) is 4.60. The highest BCUT2D eigenvalue weighted by atomic mass is 19.1. The quantitative estimate of drug-likeness (QED) is 0.202. The summed E-state index contributed by atoms with van der Waals surface area (Å²) in [5.74, 6) is 0.305. The van der Waals surface area contributed by atoms with Gasteiger partial charge in [0, 0.05) is 35.4 Å². The number of pyridine rings is 1. The molecule has 0 fully saturated rings. The predicted octanol–water partition coefficient (Wildman–Crippen LogP) is 5.59. The zero-order valence-electron chi connectivity index (χ0n) is 23.4. The van der Waals surface area contributed by atoms with Gasteiger partial charge >= 0.3 is 6.09 Å². The van der Waals surface area contributed by atoms with E-state index < -0.39 is 11.9 Å². The van der Waals surface area contributed by atoms with Crippen molar-refractivity contribution < 1.29 is 19.0 Å². The monoisotopic (exact) mass is 557 g/mol. The number of hydrogen-bond donors (Lipinski definition) is 2. The minimum absolute atomic E-state index is 0.0210. The zero-order valence-corrected chi connectivity index (χ0v) is 23.4. The molecule has 1 amide bonds. The molecule has 4 aromatic rings. The number of amidine groups is 1. The third-order valence-electron chi connectivity index (χ3n) is 6.40. The van der Waals surface area contributed by atoms with Gasteiger partial charge in [0.05, 0.1) is 23.9 Å². The van der Waals surface area contributed by atoms with Gasteiger partial charge < -0.3 is 15.6 Å². The van der Waals surface area contributed by atoms with Crippen molar-refractivity contribution in [2.24, 2.45) is 10.7 Å². The number of carboxylic acid groups (broad SMARTS) is 1. The maximum Gasteiger partial charge on any atom is 0.433 e. The Bertz CT molecular complexity index is 1660. The Morgan fingerprint density at radius 1 is 1.15 bits per heavy atom. The van der Waals surface area contributed by atoms with Gasteiger partial charge in [-0.25, -0.2) is 19.2 Å². The van der Waals surface area contributed by atoms with Crippen molar-refractivity contribution in [3.8, 4) is 28.1 Å². The highest BCUT2D eigenvalue weighted by molar-refractivity contribution is 6.07. The first-order valence-electron chi connectivity index (χ1n) is 13.3. The molecule has 2 aromatic heterocycles. The molecule has 212 valence electrons. The topological polar surface area (TPSA) is 133 Å². The molecule has 0 aliphatic heterocycles. The van der Waals surface area contributed by atoms with E-state index in [1.165, 1.54) is 10.6 Å². The number of rotatable bonds is 9. The second-order valence-corrected chi connectivity index (χ2v) is 9.81. The lowest BCUT2D eigenvalue weighted by atomic mass is 9.97. The van der Waals surface area contributed by atoms with Crippen LogP contribution in [0, 0.1) is 12.7 Å². The first-order chi connectivity index (χ1) is 19.6. The Labute approximate surface area is 237 Å². The molecule has 0 unspecified atom stereocenters. The Balaban J connectivity index is 1.74. The van der Waals surface area contributed by atoms with Crippen molar-refractivity contribution >= 4 is 11.9 Å². The lowest BCUT2D eigenvalue weighted by Crippen LogP contribution is -2.28. The molecule has 3 N–H and O–H groups in total. The summed E-state index contributed by atoms with van der Waals surface area (Å²) in [6, 6.07) is 14.9. The minimum atomic E-state index is -1.42. The van der Waals surface area contributed by atoms with E-state index in [0.29, 0.717) is 57.2 Å². The molecule has 0 saturated carbocycles. The van der Waals surface area contributed by atoms with Crippen molar-refractivity contribution in [2.75, 3.05) is 0 Å². The predicted molar refractivity (Wildman–Crippen MR) is 156 cm³/mol. The van der Waals surface area contributed by atoms with Crippen molar-refractivity contribution in [3.05, 3.63) is 99.6 Å². The Morgan fingerprint density at radius 3 is 2.51 bits per heavy atom. The number of halogens is 1. The number of benzene rings is 2. The van der Waals surface area contributed by atoms with E-state index in [0.717, 1.165) is 6.42 Å². The summed E-state index contributed by atoms with van der Waals surface area (Å²) in [5, 5.41) is 8.99. The van der Waals surface area contributed by atoms with Crippen LogP contribution in [0.1, 0.15) is 49.8 Å². The maximum absolute atomic E-state index is 15.5. The third kappa shape index (κ3) is 6.66. The summed E-state index contributed by atoms with van der Waals surface area (Å²) < 4.78 is 22.7. The van der Waals surface area contributed by atoms with Crippen molar-refractivity contribution in [2.45, 2.75) is 53.2 Å². The lowest BCUT2D eigenvalue weighted by molar-refractivity contribution is 0.205. The van der Waals surface area contributed by atoms with E-state index in [1.807, 2.05) is 20.8 Å². The van der Waals surface area contributed by atoms with E-state index in [4.69, 9.17) is 20.6 Å². The van der Waals surface area contributed by atoms with Gasteiger partial charge in [-0.1, -0.05) is 43.3 Å². The van der Waals surface area contributed by atoms with Crippen LogP contribution in [0.25, 0.3) is 22.3 Å². The molecule has 0 aliphatic carbocycles. The molecule has 0 radical (unpaired) electrons. The summed E-state index contributed by atoms with van der Waals surface area (Å²) in [5.41, 5.74) is 8.86. The smallest absolute Gasteiger partial charge is 0.433 e. The molecular formula is C31H32FN5O4. The first kappa shape index (κ1) is 29.1. The second kappa shape index (κ2) is 12.5. The van der Waals surface area contributed by atoms with Gasteiger partial charge in [0.1, 0.15) is 17.5 Å². The Morgan fingerprint density at radius 2 is 1.88 bits per heavy atom. The van der Waals surface area contributed by atoms with Gasteiger partial charge in [-0.3, -0.25) is 9.36 Å². The van der Waals surface area contributed by atoms with Crippen LogP contribution in [0.15, 0.2) is 70.6 Å². The fraction of sp³-hybridized carbons (Fsp3) is 0.258. The number of hydrogen-bond acceptors (Lipinski definition) is 5. The van der Waals surface area contributed by atoms with E-state index >= 15 is 4.39 Å². The molecule has 10 heteroatoms. The van der Waals surface area contributed by atoms with Gasteiger partial charge in [0.15, 0.2) is 0 Å². The van der Waals surface area contributed by atoms with Crippen molar-refractivity contribution in [1.82, 2.24) is 14.5 Å². The van der Waals surface area contributed by atoms with Crippen molar-refractivity contribution in [3.63, 3.8) is 0 Å². The first-order valence-corrected chi connectivity index (χ1v) is 13.3. The van der Waals surface area contributed by atoms with Crippen LogP contribution < -0.4 is 16.0 Å². The van der Waals surface area contributed by atoms with Gasteiger partial charge in [-0.05, 0) is 50.5 Å². The number of aromatic nitrogens is 3. The average Bonchev–Trinajstić information content (AvgIpc) is 2.92. The van der Waals surface area contributed by atoms with Crippen LogP contribution >= 0.6 is 0 Å². The minimum Gasteiger partial charge on any atom is -0.475 e. The van der Waals surface area contributed by atoms with E-state index in [9.17, 15) is 9.59 Å². The Hall–Kier alpha value is -4.86. The standard InChI is InChI=1S/C31H32FN5O4/c1-5-8-26-35-19(4)28(21-13-14-27(34-16-21)41-18(2)3)30(38)37(26)17-22-12-11-20(15-25(22)32)23-9-6-7-10-24(23)29(33)36-31(39)40/h6-7,9-16,18H,5,8,17H2,1-4H3,(H2,33,36)(H,39,40). The zero-order chi connectivity index (χ0) is 29.7. The highest BCUT2D eigenvalue weighted by Crippen LogP contribution is 2.27. The van der Waals surface area contributed by atoms with Crippen LogP contribution in [0.4, 0.5) is 9.18 Å². The summed E-state index contributed by atoms with van der Waals surface area (Å²) in [6.45, 7) is 7.56. The number of ether oxygens (including phenoxy) is 1. The molecule has 0 saturated heterocycles. The second-order valence-electron chi connectivity index (χ2n) is 9.81. The lowest BCUT2D eigenvalue weighted by Gasteiger charge is -2.17. The van der Waals surface area contributed by atoms with Crippen LogP contribution in [-0.4, -0.2) is 37.7 Å². The molecule has 0 spiro atoms. The van der Waals surface area contributed by atoms with Crippen LogP contribution in [-0.2, 0) is 13.0 Å². The van der Waals surface area contributed by atoms with Gasteiger partial charge in [-0.2, -0.15) is 4.99 Å². The summed E-state index contributed by atoms with van der Waals surface area (Å²) in [6.07, 6.45) is 1.43. The molecule has 9 nitrogen and oxygen atoms in total. The molecular weight excluding hydrogens is 525 g/mol. The SMILES string of the molecule is CCCc1nc(C)c(-c2ccc(OC(C)C)nc2)c(=O)n1Cc1ccc(-c2ccccc2C(N)=NC(=O)O)cc1F.